The predicted molar refractivity (Wildman–Crippen MR) is 138 cm³/mol. The second-order valence-corrected chi connectivity index (χ2v) is 9.91. The highest BCUT2D eigenvalue weighted by Crippen LogP contribution is 2.35. The molecule has 7 heteroatoms. The van der Waals surface area contributed by atoms with E-state index in [1.807, 2.05) is 35.4 Å². The van der Waals surface area contributed by atoms with Crippen molar-refractivity contribution >= 4 is 5.91 Å². The van der Waals surface area contributed by atoms with Gasteiger partial charge in [0.25, 0.3) is 5.91 Å². The zero-order valence-corrected chi connectivity index (χ0v) is 21.0. The normalized spacial score (nSPS) is 15.9. The molecule has 0 N–H and O–H groups in total. The van der Waals surface area contributed by atoms with Gasteiger partial charge < -0.3 is 9.42 Å². The Kier molecular flexibility index (Phi) is 6.89. The number of likely N-dealkylation sites (tertiary alicyclic amines) is 1. The van der Waals surface area contributed by atoms with Gasteiger partial charge in [-0.1, -0.05) is 43.3 Å². The number of pyridine rings is 1. The van der Waals surface area contributed by atoms with E-state index >= 15 is 0 Å². The molecule has 0 radical (unpaired) electrons. The van der Waals surface area contributed by atoms with E-state index in [0.29, 0.717) is 30.5 Å². The molecule has 1 fully saturated rings. The Morgan fingerprint density at radius 3 is 2.72 bits per heavy atom. The van der Waals surface area contributed by atoms with Crippen LogP contribution in [0.4, 0.5) is 0 Å². The summed E-state index contributed by atoms with van der Waals surface area (Å²) in [7, 11) is 0. The second kappa shape index (κ2) is 10.4. The van der Waals surface area contributed by atoms with Gasteiger partial charge in [0, 0.05) is 61.2 Å². The van der Waals surface area contributed by atoms with Gasteiger partial charge in [-0.3, -0.25) is 9.78 Å². The van der Waals surface area contributed by atoms with Crippen LogP contribution in [-0.4, -0.2) is 44.0 Å². The first kappa shape index (κ1) is 23.9. The number of carbonyl (C=O) groups is 1. The van der Waals surface area contributed by atoms with Gasteiger partial charge in [0.05, 0.1) is 5.69 Å². The average molecular weight is 482 g/mol. The molecule has 1 unspecified atom stereocenters. The third-order valence-corrected chi connectivity index (χ3v) is 6.67. The van der Waals surface area contributed by atoms with E-state index in [1.165, 1.54) is 5.56 Å². The minimum atomic E-state index is -0.0840. The van der Waals surface area contributed by atoms with Gasteiger partial charge in [-0.25, -0.2) is 9.97 Å². The number of hydrogen-bond acceptors (Lipinski definition) is 6. The Bertz CT molecular complexity index is 1350. The Morgan fingerprint density at radius 2 is 1.94 bits per heavy atom. The van der Waals surface area contributed by atoms with Crippen LogP contribution in [0.25, 0.3) is 22.5 Å². The van der Waals surface area contributed by atoms with Crippen LogP contribution in [0.1, 0.15) is 60.1 Å². The van der Waals surface area contributed by atoms with Crippen LogP contribution < -0.4 is 0 Å². The molecule has 1 saturated heterocycles. The molecule has 1 amide bonds. The maximum atomic E-state index is 13.3. The third-order valence-electron chi connectivity index (χ3n) is 6.67. The standard InChI is InChI=1S/C29H31N5O2/c1-19(2)15-23-16-26(33-36-23)29(35)34-14-6-8-22(18-34)27-25(24-9-5-4-7-20(24)3)17-31-28(32-27)21-10-12-30-13-11-21/h4-5,7,9-13,16-17,19,22H,6,8,14-15,18H2,1-3H3. The number of benzene rings is 1. The number of aromatic nitrogens is 4. The lowest BCUT2D eigenvalue weighted by Gasteiger charge is -2.33. The van der Waals surface area contributed by atoms with Crippen LogP contribution in [0.2, 0.25) is 0 Å². The SMILES string of the molecule is Cc1ccccc1-c1cnc(-c2ccncc2)nc1C1CCCN(C(=O)c2cc(CC(C)C)on2)C1. The van der Waals surface area contributed by atoms with Crippen molar-refractivity contribution < 1.29 is 9.32 Å². The number of hydrogen-bond donors (Lipinski definition) is 0. The molecule has 0 spiro atoms. The molecule has 1 aliphatic heterocycles. The summed E-state index contributed by atoms with van der Waals surface area (Å²) in [6.07, 6.45) is 8.04. The van der Waals surface area contributed by atoms with E-state index in [0.717, 1.165) is 47.4 Å². The van der Waals surface area contributed by atoms with Crippen molar-refractivity contribution in [2.24, 2.45) is 5.92 Å². The van der Waals surface area contributed by atoms with Crippen LogP contribution in [0, 0.1) is 12.8 Å². The molecule has 1 atom stereocenters. The summed E-state index contributed by atoms with van der Waals surface area (Å²) in [5.41, 5.74) is 5.59. The largest absolute Gasteiger partial charge is 0.361 e. The summed E-state index contributed by atoms with van der Waals surface area (Å²) < 4.78 is 5.43. The molecule has 7 nitrogen and oxygen atoms in total. The molecule has 4 heterocycles. The maximum Gasteiger partial charge on any atom is 0.276 e. The molecule has 36 heavy (non-hydrogen) atoms. The fourth-order valence-electron chi connectivity index (χ4n) is 4.89. The molecular formula is C29H31N5O2. The zero-order valence-electron chi connectivity index (χ0n) is 21.0. The summed E-state index contributed by atoms with van der Waals surface area (Å²) in [6.45, 7) is 7.62. The third kappa shape index (κ3) is 5.05. The Balaban J connectivity index is 1.48. The van der Waals surface area contributed by atoms with Crippen LogP contribution in [-0.2, 0) is 6.42 Å². The first-order chi connectivity index (χ1) is 17.5. The molecule has 1 aromatic carbocycles. The molecule has 4 aromatic rings. The quantitative estimate of drug-likeness (QED) is 0.350. The molecule has 184 valence electrons. The number of carbonyl (C=O) groups excluding carboxylic acids is 1. The van der Waals surface area contributed by atoms with E-state index in [-0.39, 0.29) is 11.8 Å². The smallest absolute Gasteiger partial charge is 0.276 e. The predicted octanol–water partition coefficient (Wildman–Crippen LogP) is 5.72. The average Bonchev–Trinajstić information content (AvgIpc) is 3.36. The molecule has 0 saturated carbocycles. The number of rotatable bonds is 6. The summed E-state index contributed by atoms with van der Waals surface area (Å²) in [6, 6.07) is 13.9. The van der Waals surface area contributed by atoms with Crippen molar-refractivity contribution in [2.75, 3.05) is 13.1 Å². The number of nitrogens with zero attached hydrogens (tertiary/aromatic N) is 5. The van der Waals surface area contributed by atoms with Crippen molar-refractivity contribution in [3.05, 3.63) is 83.8 Å². The van der Waals surface area contributed by atoms with E-state index in [4.69, 9.17) is 14.5 Å². The molecular weight excluding hydrogens is 450 g/mol. The van der Waals surface area contributed by atoms with Crippen molar-refractivity contribution in [1.82, 2.24) is 25.0 Å². The summed E-state index contributed by atoms with van der Waals surface area (Å²) in [4.78, 5) is 29.1. The molecule has 1 aliphatic rings. The fourth-order valence-corrected chi connectivity index (χ4v) is 4.89. The van der Waals surface area contributed by atoms with Gasteiger partial charge in [-0.15, -0.1) is 0 Å². The first-order valence-corrected chi connectivity index (χ1v) is 12.6. The Morgan fingerprint density at radius 1 is 1.14 bits per heavy atom. The highest BCUT2D eigenvalue weighted by molar-refractivity contribution is 5.92. The lowest BCUT2D eigenvalue weighted by atomic mass is 9.88. The Labute approximate surface area is 211 Å². The topological polar surface area (TPSA) is 85.0 Å². The van der Waals surface area contributed by atoms with Crippen molar-refractivity contribution in [3.63, 3.8) is 0 Å². The minimum absolute atomic E-state index is 0.0840. The molecule has 3 aromatic heterocycles. The van der Waals surface area contributed by atoms with Gasteiger partial charge in [0.1, 0.15) is 5.76 Å². The van der Waals surface area contributed by atoms with Gasteiger partial charge in [-0.2, -0.15) is 0 Å². The van der Waals surface area contributed by atoms with Crippen molar-refractivity contribution in [3.8, 4) is 22.5 Å². The van der Waals surface area contributed by atoms with E-state index in [1.54, 1.807) is 18.5 Å². The lowest BCUT2D eigenvalue weighted by Crippen LogP contribution is -2.39. The highest BCUT2D eigenvalue weighted by atomic mass is 16.5. The number of aryl methyl sites for hydroxylation is 1. The molecule has 5 rings (SSSR count). The van der Waals surface area contributed by atoms with Crippen LogP contribution in [0.5, 0.6) is 0 Å². The monoisotopic (exact) mass is 481 g/mol. The zero-order chi connectivity index (χ0) is 25.1. The summed E-state index contributed by atoms with van der Waals surface area (Å²) in [5, 5.41) is 4.07. The number of piperidine rings is 1. The van der Waals surface area contributed by atoms with Crippen molar-refractivity contribution in [2.45, 2.75) is 46.0 Å². The van der Waals surface area contributed by atoms with Crippen LogP contribution in [0.15, 0.2) is 65.6 Å². The molecule has 0 aliphatic carbocycles. The summed E-state index contributed by atoms with van der Waals surface area (Å²) in [5.74, 6) is 1.86. The van der Waals surface area contributed by atoms with Crippen LogP contribution in [0.3, 0.4) is 0 Å². The van der Waals surface area contributed by atoms with Gasteiger partial charge in [0.2, 0.25) is 0 Å². The minimum Gasteiger partial charge on any atom is -0.361 e. The first-order valence-electron chi connectivity index (χ1n) is 12.6. The second-order valence-electron chi connectivity index (χ2n) is 9.91. The van der Waals surface area contributed by atoms with Gasteiger partial charge in [-0.05, 0) is 48.9 Å². The maximum absolute atomic E-state index is 13.3. The van der Waals surface area contributed by atoms with E-state index in [9.17, 15) is 4.79 Å². The van der Waals surface area contributed by atoms with Gasteiger partial charge in [0.15, 0.2) is 11.5 Å². The van der Waals surface area contributed by atoms with Gasteiger partial charge >= 0.3 is 0 Å². The van der Waals surface area contributed by atoms with E-state index in [2.05, 4.69) is 43.0 Å². The van der Waals surface area contributed by atoms with Crippen LogP contribution >= 0.6 is 0 Å². The highest BCUT2D eigenvalue weighted by Gasteiger charge is 2.30. The Hall–Kier alpha value is -3.87. The summed E-state index contributed by atoms with van der Waals surface area (Å²) >= 11 is 0. The fraction of sp³-hybridized carbons (Fsp3) is 0.345. The molecule has 0 bridgehead atoms. The van der Waals surface area contributed by atoms with E-state index < -0.39 is 0 Å². The van der Waals surface area contributed by atoms with Crippen molar-refractivity contribution in [1.29, 1.82) is 0 Å². The lowest BCUT2D eigenvalue weighted by molar-refractivity contribution is 0.0695. The number of amides is 1.